The van der Waals surface area contributed by atoms with E-state index >= 15 is 0 Å². The summed E-state index contributed by atoms with van der Waals surface area (Å²) in [5.74, 6) is -1.15. The molecule has 0 heterocycles. The average molecular weight is 327 g/mol. The van der Waals surface area contributed by atoms with Crippen LogP contribution >= 0.6 is 11.6 Å². The number of hydrogen-bond donors (Lipinski definition) is 0. The largest absolute Gasteiger partial charge is 0.465 e. The number of ether oxygens (including phenoxy) is 2. The molecule has 0 unspecified atom stereocenters. The third kappa shape index (κ3) is 2.94. The van der Waals surface area contributed by atoms with Gasteiger partial charge in [-0.25, -0.2) is 0 Å². The lowest BCUT2D eigenvalue weighted by atomic mass is 9.57. The Balaban J connectivity index is 2.47. The Labute approximate surface area is 136 Å². The Morgan fingerprint density at radius 1 is 1.27 bits per heavy atom. The van der Waals surface area contributed by atoms with Crippen molar-refractivity contribution >= 4 is 23.5 Å². The Morgan fingerprint density at radius 3 is 2.41 bits per heavy atom. The van der Waals surface area contributed by atoms with Crippen molar-refractivity contribution in [2.75, 3.05) is 13.2 Å². The van der Waals surface area contributed by atoms with E-state index in [2.05, 4.69) is 6.58 Å². The van der Waals surface area contributed by atoms with E-state index in [4.69, 9.17) is 21.1 Å². The number of carbonyl (C=O) groups excluding carboxylic acids is 2. The van der Waals surface area contributed by atoms with Crippen molar-refractivity contribution in [2.45, 2.75) is 38.5 Å². The molecular weight excluding hydrogens is 304 g/mol. The predicted molar refractivity (Wildman–Crippen MR) is 84.5 cm³/mol. The Hall–Kier alpha value is -1.29. The van der Waals surface area contributed by atoms with Gasteiger partial charge in [-0.2, -0.15) is 0 Å². The number of fused-ring (bicyclic) bond motifs is 1. The minimum absolute atomic E-state index is 0.0741. The minimum atomic E-state index is -1.32. The third-order valence-corrected chi connectivity index (χ3v) is 4.85. The van der Waals surface area contributed by atoms with Gasteiger partial charge in [-0.05, 0) is 44.9 Å². The molecule has 1 fully saturated rings. The van der Waals surface area contributed by atoms with E-state index in [1.165, 1.54) is 0 Å². The lowest BCUT2D eigenvalue weighted by Gasteiger charge is -2.46. The highest BCUT2D eigenvalue weighted by Crippen LogP contribution is 2.52. The summed E-state index contributed by atoms with van der Waals surface area (Å²) in [5.41, 5.74) is -0.441. The summed E-state index contributed by atoms with van der Waals surface area (Å²) < 4.78 is 10.5. The summed E-state index contributed by atoms with van der Waals surface area (Å²) in [6, 6.07) is 0. The summed E-state index contributed by atoms with van der Waals surface area (Å²) in [4.78, 5) is 25.4. The van der Waals surface area contributed by atoms with Crippen molar-refractivity contribution in [3.8, 4) is 0 Å². The molecule has 5 heteroatoms. The van der Waals surface area contributed by atoms with E-state index in [9.17, 15) is 9.59 Å². The minimum Gasteiger partial charge on any atom is -0.465 e. The molecule has 0 saturated heterocycles. The molecule has 0 radical (unpaired) electrons. The van der Waals surface area contributed by atoms with Crippen LogP contribution in [0.1, 0.15) is 33.1 Å². The van der Waals surface area contributed by atoms with E-state index < -0.39 is 17.4 Å². The van der Waals surface area contributed by atoms with Crippen molar-refractivity contribution in [1.82, 2.24) is 0 Å². The molecule has 3 atom stereocenters. The van der Waals surface area contributed by atoms with Gasteiger partial charge in [0.05, 0.1) is 18.6 Å². The van der Waals surface area contributed by atoms with E-state index in [1.807, 2.05) is 12.2 Å². The number of rotatable bonds is 4. The summed E-state index contributed by atoms with van der Waals surface area (Å²) in [7, 11) is 0. The zero-order valence-corrected chi connectivity index (χ0v) is 13.9. The van der Waals surface area contributed by atoms with Gasteiger partial charge in [0.1, 0.15) is 0 Å². The molecule has 0 N–H and O–H groups in total. The lowest BCUT2D eigenvalue weighted by Crippen LogP contribution is -2.53. The maximum absolute atomic E-state index is 12.7. The second kappa shape index (κ2) is 6.86. The molecule has 0 aromatic carbocycles. The summed E-state index contributed by atoms with van der Waals surface area (Å²) in [6.45, 7) is 7.94. The molecule has 0 aromatic rings. The maximum Gasteiger partial charge on any atom is 0.324 e. The van der Waals surface area contributed by atoms with Gasteiger partial charge in [0.15, 0.2) is 5.41 Å². The van der Waals surface area contributed by atoms with Crippen LogP contribution in [0.2, 0.25) is 0 Å². The normalized spacial score (nSPS) is 29.6. The van der Waals surface area contributed by atoms with Gasteiger partial charge >= 0.3 is 11.9 Å². The SMILES string of the molecule is C=C1C[C@H]2C=C[C@@H](Cl)C[C@H]2C(C(=O)OCC)(C(=O)OCC)C1. The molecule has 122 valence electrons. The molecule has 2 rings (SSSR count). The molecule has 0 amide bonds. The number of alkyl halides is 1. The number of carbonyl (C=O) groups is 2. The highest BCUT2D eigenvalue weighted by atomic mass is 35.5. The quantitative estimate of drug-likeness (QED) is 0.344. The maximum atomic E-state index is 12.7. The van der Waals surface area contributed by atoms with Gasteiger partial charge in [-0.3, -0.25) is 9.59 Å². The van der Waals surface area contributed by atoms with Gasteiger partial charge in [0.2, 0.25) is 0 Å². The lowest BCUT2D eigenvalue weighted by molar-refractivity contribution is -0.180. The first-order chi connectivity index (χ1) is 10.5. The molecule has 4 nitrogen and oxygen atoms in total. The highest BCUT2D eigenvalue weighted by molar-refractivity contribution is 6.22. The second-order valence-electron chi connectivity index (χ2n) is 5.95. The van der Waals surface area contributed by atoms with Gasteiger partial charge < -0.3 is 9.47 Å². The van der Waals surface area contributed by atoms with Gasteiger partial charge in [-0.1, -0.05) is 24.3 Å². The van der Waals surface area contributed by atoms with Crippen molar-refractivity contribution in [3.63, 3.8) is 0 Å². The van der Waals surface area contributed by atoms with E-state index in [0.717, 1.165) is 12.0 Å². The predicted octanol–water partition coefficient (Wildman–Crippen LogP) is 3.25. The first-order valence-corrected chi connectivity index (χ1v) is 8.22. The smallest absolute Gasteiger partial charge is 0.324 e. The number of hydrogen-bond acceptors (Lipinski definition) is 4. The van der Waals surface area contributed by atoms with Crippen molar-refractivity contribution < 1.29 is 19.1 Å². The van der Waals surface area contributed by atoms with Crippen LogP contribution in [-0.4, -0.2) is 30.5 Å². The molecular formula is C17H23ClO4. The first kappa shape index (κ1) is 17.1. The summed E-state index contributed by atoms with van der Waals surface area (Å²) in [6.07, 6.45) is 5.55. The molecule has 2 aliphatic carbocycles. The molecule has 0 aromatic heterocycles. The highest BCUT2D eigenvalue weighted by Gasteiger charge is 2.59. The summed E-state index contributed by atoms with van der Waals surface area (Å²) in [5, 5.41) is -0.184. The standard InChI is InChI=1S/C17H23ClO4/c1-4-21-15(19)17(16(20)22-5-2)10-11(3)8-12-6-7-13(18)9-14(12)17/h6-7,12-14H,3-5,8-10H2,1-2H3/t12-,13-,14-/m1/s1. The summed E-state index contributed by atoms with van der Waals surface area (Å²) >= 11 is 6.25. The molecule has 0 bridgehead atoms. The average Bonchev–Trinajstić information content (AvgIpc) is 2.47. The van der Waals surface area contributed by atoms with Crippen LogP contribution in [0.3, 0.4) is 0 Å². The van der Waals surface area contributed by atoms with Crippen LogP contribution in [0, 0.1) is 17.3 Å². The fourth-order valence-electron chi connectivity index (χ4n) is 3.65. The topological polar surface area (TPSA) is 52.6 Å². The number of halogens is 1. The van der Waals surface area contributed by atoms with Gasteiger partial charge in [0, 0.05) is 0 Å². The number of allylic oxidation sites excluding steroid dienone is 3. The van der Waals surface area contributed by atoms with Gasteiger partial charge in [-0.15, -0.1) is 11.6 Å². The van der Waals surface area contributed by atoms with Crippen LogP contribution in [0.25, 0.3) is 0 Å². The van der Waals surface area contributed by atoms with Crippen LogP contribution in [0.15, 0.2) is 24.3 Å². The van der Waals surface area contributed by atoms with E-state index in [0.29, 0.717) is 6.42 Å². The van der Waals surface area contributed by atoms with Crippen molar-refractivity contribution in [3.05, 3.63) is 24.3 Å². The van der Waals surface area contributed by atoms with Crippen LogP contribution in [-0.2, 0) is 19.1 Å². The molecule has 2 aliphatic rings. The zero-order chi connectivity index (χ0) is 16.3. The second-order valence-corrected chi connectivity index (χ2v) is 6.51. The molecule has 0 aliphatic heterocycles. The van der Waals surface area contributed by atoms with Crippen LogP contribution < -0.4 is 0 Å². The zero-order valence-electron chi connectivity index (χ0n) is 13.1. The molecule has 0 spiro atoms. The third-order valence-electron chi connectivity index (χ3n) is 4.53. The fraction of sp³-hybridized carbons (Fsp3) is 0.647. The number of esters is 2. The van der Waals surface area contributed by atoms with Crippen molar-refractivity contribution in [1.29, 1.82) is 0 Å². The molecule has 22 heavy (non-hydrogen) atoms. The van der Waals surface area contributed by atoms with Crippen LogP contribution in [0.4, 0.5) is 0 Å². The Morgan fingerprint density at radius 2 is 1.86 bits per heavy atom. The van der Waals surface area contributed by atoms with E-state index in [1.54, 1.807) is 13.8 Å². The fourth-order valence-corrected chi connectivity index (χ4v) is 3.93. The molecule has 1 saturated carbocycles. The Bertz CT molecular complexity index is 479. The van der Waals surface area contributed by atoms with Crippen molar-refractivity contribution in [2.24, 2.45) is 17.3 Å². The van der Waals surface area contributed by atoms with Gasteiger partial charge in [0.25, 0.3) is 0 Å². The monoisotopic (exact) mass is 326 g/mol. The van der Waals surface area contributed by atoms with E-state index in [-0.39, 0.29) is 36.8 Å². The van der Waals surface area contributed by atoms with Crippen LogP contribution in [0.5, 0.6) is 0 Å². The first-order valence-electron chi connectivity index (χ1n) is 7.79. The Kier molecular flexibility index (Phi) is 5.32.